The zero-order valence-corrected chi connectivity index (χ0v) is 15.3. The number of carbonyl (C=O) groups is 1. The summed E-state index contributed by atoms with van der Waals surface area (Å²) in [5, 5.41) is 6.83. The molecule has 2 fully saturated rings. The Morgan fingerprint density at radius 1 is 1.29 bits per heavy atom. The zero-order chi connectivity index (χ0) is 17.4. The highest BCUT2D eigenvalue weighted by atomic mass is 16.6. The number of ether oxygens (including phenoxy) is 1. The van der Waals surface area contributed by atoms with E-state index in [0.29, 0.717) is 17.9 Å². The lowest BCUT2D eigenvalue weighted by Gasteiger charge is -2.30. The van der Waals surface area contributed by atoms with Crippen LogP contribution >= 0.6 is 0 Å². The van der Waals surface area contributed by atoms with Crippen molar-refractivity contribution in [1.29, 1.82) is 0 Å². The van der Waals surface area contributed by atoms with Crippen molar-refractivity contribution >= 4 is 6.09 Å². The molecule has 0 radical (unpaired) electrons. The standard InChI is InChI=1S/C20H30N2O2/c1-19(2,3)24-18(23)22-20(4)11-15-13-21-17(16(15)12-20)10-14-8-6-5-7-9-14/h5-9,15-17,21H,10-13H2,1-4H3,(H,22,23)/t15-,16-,17?,20+/m0/s1. The summed E-state index contributed by atoms with van der Waals surface area (Å²) in [4.78, 5) is 12.2. The molecule has 1 saturated heterocycles. The fraction of sp³-hybridized carbons (Fsp3) is 0.650. The van der Waals surface area contributed by atoms with Gasteiger partial charge in [-0.25, -0.2) is 4.79 Å². The maximum absolute atomic E-state index is 12.2. The van der Waals surface area contributed by atoms with Gasteiger partial charge in [-0.2, -0.15) is 0 Å². The number of amides is 1. The molecular weight excluding hydrogens is 300 g/mol. The van der Waals surface area contributed by atoms with E-state index in [2.05, 4.69) is 47.9 Å². The smallest absolute Gasteiger partial charge is 0.408 e. The number of nitrogens with one attached hydrogen (secondary N) is 2. The largest absolute Gasteiger partial charge is 0.444 e. The monoisotopic (exact) mass is 330 g/mol. The molecule has 0 aromatic heterocycles. The van der Waals surface area contributed by atoms with E-state index in [4.69, 9.17) is 4.74 Å². The van der Waals surface area contributed by atoms with Gasteiger partial charge in [-0.15, -0.1) is 0 Å². The molecule has 4 heteroatoms. The van der Waals surface area contributed by atoms with Gasteiger partial charge in [-0.1, -0.05) is 30.3 Å². The maximum Gasteiger partial charge on any atom is 0.408 e. The number of hydrogen-bond donors (Lipinski definition) is 2. The zero-order valence-electron chi connectivity index (χ0n) is 15.3. The predicted octanol–water partition coefficient (Wildman–Crippen LogP) is 3.51. The van der Waals surface area contributed by atoms with E-state index in [1.807, 2.05) is 20.8 Å². The Morgan fingerprint density at radius 3 is 2.67 bits per heavy atom. The van der Waals surface area contributed by atoms with Crippen LogP contribution in [0.1, 0.15) is 46.1 Å². The van der Waals surface area contributed by atoms with E-state index in [0.717, 1.165) is 25.8 Å². The summed E-state index contributed by atoms with van der Waals surface area (Å²) >= 11 is 0. The van der Waals surface area contributed by atoms with Gasteiger partial charge >= 0.3 is 6.09 Å². The van der Waals surface area contributed by atoms with Crippen LogP contribution in [0.5, 0.6) is 0 Å². The normalized spacial score (nSPS) is 32.4. The molecule has 24 heavy (non-hydrogen) atoms. The van der Waals surface area contributed by atoms with Gasteiger partial charge in [0.05, 0.1) is 0 Å². The molecule has 1 aliphatic carbocycles. The van der Waals surface area contributed by atoms with Crippen LogP contribution in [-0.2, 0) is 11.2 Å². The van der Waals surface area contributed by atoms with Crippen molar-refractivity contribution in [3.8, 4) is 0 Å². The Labute approximate surface area is 145 Å². The minimum atomic E-state index is -0.452. The van der Waals surface area contributed by atoms with Gasteiger partial charge in [0, 0.05) is 11.6 Å². The summed E-state index contributed by atoms with van der Waals surface area (Å²) in [5.41, 5.74) is 0.769. The SMILES string of the molecule is CC(C)(C)OC(=O)N[C@]1(C)C[C@H]2CNC(Cc3ccccc3)[C@H]2C1. The molecule has 1 unspecified atom stereocenters. The van der Waals surface area contributed by atoms with E-state index in [1.165, 1.54) is 5.56 Å². The van der Waals surface area contributed by atoms with Crippen LogP contribution in [0.2, 0.25) is 0 Å². The fourth-order valence-electron chi connectivity index (χ4n) is 4.39. The van der Waals surface area contributed by atoms with Gasteiger partial charge in [0.25, 0.3) is 0 Å². The second-order valence-electron chi connectivity index (χ2n) is 8.72. The van der Waals surface area contributed by atoms with E-state index in [9.17, 15) is 4.79 Å². The van der Waals surface area contributed by atoms with Gasteiger partial charge in [0.1, 0.15) is 5.60 Å². The third-order valence-corrected chi connectivity index (χ3v) is 5.26. The van der Waals surface area contributed by atoms with E-state index < -0.39 is 5.60 Å². The summed E-state index contributed by atoms with van der Waals surface area (Å²) in [5.74, 6) is 1.25. The first-order chi connectivity index (χ1) is 11.2. The molecule has 1 heterocycles. The average molecular weight is 330 g/mol. The van der Waals surface area contributed by atoms with Gasteiger partial charge in [-0.05, 0) is 70.9 Å². The highest BCUT2D eigenvalue weighted by molar-refractivity contribution is 5.68. The highest BCUT2D eigenvalue weighted by Gasteiger charge is 2.49. The summed E-state index contributed by atoms with van der Waals surface area (Å²) in [7, 11) is 0. The minimum Gasteiger partial charge on any atom is -0.444 e. The molecule has 2 N–H and O–H groups in total. The summed E-state index contributed by atoms with van der Waals surface area (Å²) in [6.07, 6.45) is 2.80. The lowest BCUT2D eigenvalue weighted by atomic mass is 9.89. The van der Waals surface area contributed by atoms with Gasteiger partial charge < -0.3 is 15.4 Å². The molecular formula is C20H30N2O2. The summed E-state index contributed by atoms with van der Waals surface area (Å²) in [6, 6.07) is 11.2. The molecule has 1 saturated carbocycles. The molecule has 3 rings (SSSR count). The molecule has 4 atom stereocenters. The molecule has 2 aliphatic rings. The van der Waals surface area contributed by atoms with E-state index in [-0.39, 0.29) is 11.6 Å². The van der Waals surface area contributed by atoms with Gasteiger partial charge in [-0.3, -0.25) is 0 Å². The van der Waals surface area contributed by atoms with Crippen LogP contribution in [-0.4, -0.2) is 29.8 Å². The third-order valence-electron chi connectivity index (χ3n) is 5.26. The van der Waals surface area contributed by atoms with Gasteiger partial charge in [0.15, 0.2) is 0 Å². The van der Waals surface area contributed by atoms with Crippen molar-refractivity contribution in [1.82, 2.24) is 10.6 Å². The van der Waals surface area contributed by atoms with Crippen molar-refractivity contribution in [2.75, 3.05) is 6.54 Å². The topological polar surface area (TPSA) is 50.4 Å². The number of carbonyl (C=O) groups excluding carboxylic acids is 1. The predicted molar refractivity (Wildman–Crippen MR) is 95.9 cm³/mol. The molecule has 4 nitrogen and oxygen atoms in total. The molecule has 1 aliphatic heterocycles. The molecule has 1 amide bonds. The Hall–Kier alpha value is -1.55. The van der Waals surface area contributed by atoms with Gasteiger partial charge in [0.2, 0.25) is 0 Å². The summed E-state index contributed by atoms with van der Waals surface area (Å²) in [6.45, 7) is 8.91. The van der Waals surface area contributed by atoms with E-state index >= 15 is 0 Å². The lowest BCUT2D eigenvalue weighted by molar-refractivity contribution is 0.0461. The van der Waals surface area contributed by atoms with Crippen LogP contribution in [0, 0.1) is 11.8 Å². The first-order valence-electron chi connectivity index (χ1n) is 9.03. The molecule has 0 spiro atoms. The van der Waals surface area contributed by atoms with E-state index in [1.54, 1.807) is 0 Å². The molecule has 132 valence electrons. The van der Waals surface area contributed by atoms with Crippen molar-refractivity contribution < 1.29 is 9.53 Å². The fourth-order valence-corrected chi connectivity index (χ4v) is 4.39. The summed E-state index contributed by atoms with van der Waals surface area (Å²) < 4.78 is 5.44. The number of alkyl carbamates (subject to hydrolysis) is 1. The van der Waals surface area contributed by atoms with Crippen LogP contribution in [0.25, 0.3) is 0 Å². The molecule has 1 aromatic carbocycles. The number of benzene rings is 1. The average Bonchev–Trinajstić information content (AvgIpc) is 2.95. The van der Waals surface area contributed by atoms with Crippen LogP contribution in [0.15, 0.2) is 30.3 Å². The first-order valence-corrected chi connectivity index (χ1v) is 9.03. The van der Waals surface area contributed by atoms with Crippen molar-refractivity contribution in [3.05, 3.63) is 35.9 Å². The van der Waals surface area contributed by atoms with Crippen molar-refractivity contribution in [3.63, 3.8) is 0 Å². The molecule has 0 bridgehead atoms. The van der Waals surface area contributed by atoms with Crippen LogP contribution < -0.4 is 10.6 Å². The quantitative estimate of drug-likeness (QED) is 0.892. The van der Waals surface area contributed by atoms with Crippen molar-refractivity contribution in [2.24, 2.45) is 11.8 Å². The Morgan fingerprint density at radius 2 is 2.00 bits per heavy atom. The van der Waals surface area contributed by atoms with Crippen LogP contribution in [0.3, 0.4) is 0 Å². The second-order valence-corrected chi connectivity index (χ2v) is 8.72. The Bertz CT molecular complexity index is 581. The minimum absolute atomic E-state index is 0.158. The lowest BCUT2D eigenvalue weighted by Crippen LogP contribution is -2.47. The third kappa shape index (κ3) is 4.10. The highest BCUT2D eigenvalue weighted by Crippen LogP contribution is 2.44. The molecule has 1 aromatic rings. The number of hydrogen-bond acceptors (Lipinski definition) is 3. The Kier molecular flexibility index (Phi) is 4.60. The number of rotatable bonds is 3. The maximum atomic E-state index is 12.2. The Balaban J connectivity index is 1.60. The van der Waals surface area contributed by atoms with Crippen LogP contribution in [0.4, 0.5) is 4.79 Å². The van der Waals surface area contributed by atoms with Crippen molar-refractivity contribution in [2.45, 2.75) is 64.1 Å². The first kappa shape index (κ1) is 17.3. The second kappa shape index (κ2) is 6.40. The number of fused-ring (bicyclic) bond motifs is 1.